The molecule has 0 saturated heterocycles. The van der Waals surface area contributed by atoms with Crippen molar-refractivity contribution in [1.29, 1.82) is 0 Å². The van der Waals surface area contributed by atoms with Crippen molar-refractivity contribution in [3.05, 3.63) is 182 Å². The van der Waals surface area contributed by atoms with Crippen molar-refractivity contribution in [2.45, 2.75) is 32.5 Å². The van der Waals surface area contributed by atoms with E-state index in [-0.39, 0.29) is 0 Å². The maximum atomic E-state index is 18.0. The molecule has 5 heterocycles. The molecule has 0 fully saturated rings. The third-order valence-electron chi connectivity index (χ3n) is 13.5. The zero-order chi connectivity index (χ0) is 42.3. The first-order valence-electron chi connectivity index (χ1n) is 21.6. The van der Waals surface area contributed by atoms with E-state index in [2.05, 4.69) is 197 Å². The van der Waals surface area contributed by atoms with Gasteiger partial charge in [0.2, 0.25) is 0 Å². The van der Waals surface area contributed by atoms with Crippen LogP contribution in [-0.2, 0) is 5.54 Å². The lowest BCUT2D eigenvalue weighted by atomic mass is 9.87. The van der Waals surface area contributed by atoms with Crippen LogP contribution in [0.5, 0.6) is 0 Å². The number of alkyl halides is 1. The first-order chi connectivity index (χ1) is 30.8. The molecule has 1 atom stereocenters. The number of hydrogen-bond acceptors (Lipinski definition) is 2. The molecular weight excluding hydrogens is 810 g/mol. The van der Waals surface area contributed by atoms with Crippen LogP contribution in [0.15, 0.2) is 182 Å². The summed E-state index contributed by atoms with van der Waals surface area (Å²) < 4.78 is 29.9. The van der Waals surface area contributed by atoms with Crippen LogP contribution in [0.1, 0.15) is 20.8 Å². The minimum absolute atomic E-state index is 0.574. The van der Waals surface area contributed by atoms with Crippen LogP contribution < -0.4 is 0 Å². The second-order valence-electron chi connectivity index (χ2n) is 17.3. The van der Waals surface area contributed by atoms with E-state index < -0.39 is 11.7 Å². The summed E-state index contributed by atoms with van der Waals surface area (Å²) in [6, 6.07) is 60.8. The number of thiophene rings is 2. The smallest absolute Gasteiger partial charge is 0.138 e. The zero-order valence-corrected chi connectivity index (χ0v) is 36.6. The van der Waals surface area contributed by atoms with Gasteiger partial charge in [0.05, 0.1) is 33.3 Å². The maximum absolute atomic E-state index is 18.0. The molecule has 63 heavy (non-hydrogen) atoms. The number of hydrogen-bond donors (Lipinski definition) is 0. The molecule has 0 aliphatic rings. The Morgan fingerprint density at radius 1 is 0.444 bits per heavy atom. The summed E-state index contributed by atoms with van der Waals surface area (Å²) in [7, 11) is 0. The summed E-state index contributed by atoms with van der Waals surface area (Å²) in [5.74, 6) is 0. The van der Waals surface area contributed by atoms with Gasteiger partial charge in [-0.1, -0.05) is 116 Å². The van der Waals surface area contributed by atoms with Gasteiger partial charge in [0.25, 0.3) is 0 Å². The number of allylic oxidation sites excluding steroid dienone is 3. The van der Waals surface area contributed by atoms with Gasteiger partial charge in [-0.15, -0.1) is 22.7 Å². The lowest BCUT2D eigenvalue weighted by Crippen LogP contribution is -2.33. The Balaban J connectivity index is 1.22. The minimum atomic E-state index is -1.40. The third-order valence-corrected chi connectivity index (χ3v) is 15.8. The fraction of sp³-hybridized carbons (Fsp3) is 0.0877. The summed E-state index contributed by atoms with van der Waals surface area (Å²) >= 11 is 3.64. The molecule has 0 bridgehead atoms. The third kappa shape index (κ3) is 4.93. The van der Waals surface area contributed by atoms with Crippen LogP contribution in [0, 0.1) is 0 Å². The largest absolute Gasteiger partial charge is 0.330 e. The number of halogens is 1. The molecule has 13 rings (SSSR count). The monoisotopic (exact) mass is 849 g/mol. The molecule has 13 aromatic rings. The number of nitrogens with zero attached hydrogens (tertiary/aromatic N) is 3. The van der Waals surface area contributed by atoms with Crippen molar-refractivity contribution < 1.29 is 4.39 Å². The SMILES string of the molecule is C=C(/C(=C(\C(C)F)n1c2ccccc2c2c3c(ccc21)sc1ccccc13)C(C)(C)n1c2ccccc2c2ccccc21)n1c2ccccc2c2c3c(ccc21)sc1ccccc13. The first kappa shape index (κ1) is 36.6. The Hall–Kier alpha value is -6.99. The van der Waals surface area contributed by atoms with E-state index in [0.29, 0.717) is 5.70 Å². The van der Waals surface area contributed by atoms with Gasteiger partial charge in [0.1, 0.15) is 6.17 Å². The van der Waals surface area contributed by atoms with Crippen LogP contribution in [-0.4, -0.2) is 19.9 Å². The van der Waals surface area contributed by atoms with E-state index in [0.717, 1.165) is 71.3 Å². The Labute approximate surface area is 370 Å². The molecule has 3 nitrogen and oxygen atoms in total. The summed E-state index contributed by atoms with van der Waals surface area (Å²) in [5, 5.41) is 11.8. The van der Waals surface area contributed by atoms with Gasteiger partial charge in [0, 0.05) is 95.0 Å². The molecule has 302 valence electrons. The van der Waals surface area contributed by atoms with Crippen LogP contribution in [0.3, 0.4) is 0 Å². The molecule has 0 aliphatic carbocycles. The van der Waals surface area contributed by atoms with Crippen LogP contribution >= 0.6 is 22.7 Å². The zero-order valence-electron chi connectivity index (χ0n) is 35.0. The Morgan fingerprint density at radius 3 is 1.33 bits per heavy atom. The minimum Gasteiger partial charge on any atom is -0.330 e. The van der Waals surface area contributed by atoms with Crippen molar-refractivity contribution in [3.8, 4) is 0 Å². The first-order valence-corrected chi connectivity index (χ1v) is 23.2. The van der Waals surface area contributed by atoms with E-state index in [1.54, 1.807) is 6.92 Å². The normalized spacial score (nSPS) is 13.7. The number of aromatic nitrogens is 3. The summed E-state index contributed by atoms with van der Waals surface area (Å²) in [4.78, 5) is 0. The Morgan fingerprint density at radius 2 is 0.841 bits per heavy atom. The van der Waals surface area contributed by atoms with Gasteiger partial charge in [0.15, 0.2) is 0 Å². The average molecular weight is 850 g/mol. The molecule has 8 aromatic carbocycles. The van der Waals surface area contributed by atoms with Crippen LogP contribution in [0.2, 0.25) is 0 Å². The van der Waals surface area contributed by atoms with Gasteiger partial charge < -0.3 is 13.7 Å². The van der Waals surface area contributed by atoms with Crippen LogP contribution in [0.25, 0.3) is 117 Å². The predicted octanol–water partition coefficient (Wildman–Crippen LogP) is 16.9. The van der Waals surface area contributed by atoms with E-state index >= 15 is 4.39 Å². The molecule has 0 N–H and O–H groups in total. The average Bonchev–Trinajstić information content (AvgIpc) is 4.11. The molecule has 0 aliphatic heterocycles. The van der Waals surface area contributed by atoms with Gasteiger partial charge >= 0.3 is 0 Å². The number of para-hydroxylation sites is 4. The molecule has 0 saturated carbocycles. The highest BCUT2D eigenvalue weighted by molar-refractivity contribution is 7.26. The number of benzene rings is 8. The molecule has 0 radical (unpaired) electrons. The molecule has 0 spiro atoms. The summed E-state index contributed by atoms with van der Waals surface area (Å²) in [6.45, 7) is 11.4. The second-order valence-corrected chi connectivity index (χ2v) is 19.5. The molecule has 5 aromatic heterocycles. The van der Waals surface area contributed by atoms with Gasteiger partial charge in [-0.2, -0.15) is 0 Å². The second kappa shape index (κ2) is 13.3. The van der Waals surface area contributed by atoms with Crippen molar-refractivity contribution in [3.63, 3.8) is 0 Å². The van der Waals surface area contributed by atoms with E-state index in [1.807, 2.05) is 22.7 Å². The molecule has 6 heteroatoms. The van der Waals surface area contributed by atoms with Gasteiger partial charge in [-0.3, -0.25) is 0 Å². The van der Waals surface area contributed by atoms with Crippen molar-refractivity contribution >= 4 is 140 Å². The summed E-state index contributed by atoms with van der Waals surface area (Å²) in [6.07, 6.45) is -1.40. The topological polar surface area (TPSA) is 14.8 Å². The van der Waals surface area contributed by atoms with Crippen molar-refractivity contribution in [2.75, 3.05) is 0 Å². The van der Waals surface area contributed by atoms with Gasteiger partial charge in [-0.05, 0) is 81.4 Å². The summed E-state index contributed by atoms with van der Waals surface area (Å²) in [5.41, 5.74) is 7.47. The Kier molecular flexibility index (Phi) is 7.71. The van der Waals surface area contributed by atoms with Crippen molar-refractivity contribution in [2.24, 2.45) is 0 Å². The highest BCUT2D eigenvalue weighted by Gasteiger charge is 2.38. The Bertz CT molecular complexity index is 4070. The highest BCUT2D eigenvalue weighted by atomic mass is 32.1. The van der Waals surface area contributed by atoms with E-state index in [1.165, 1.54) is 45.7 Å². The molecule has 1 unspecified atom stereocenters. The lowest BCUT2D eigenvalue weighted by Gasteiger charge is -2.37. The highest BCUT2D eigenvalue weighted by Crippen LogP contribution is 2.50. The molecular formula is C57H40FN3S2. The standard InChI is InChI=1S/C57H40FN3S2/c1-33(58)56(60-42-24-12-8-20-38(42)52-46(60)30-32-50-54(52)40-22-10-16-28-48(40)63-50)55(57(3,4)61-43-25-13-5-17-35(43)36-18-6-14-26-44(36)61)34(2)59-41-23-11-7-19-37(41)51-45(59)29-31-49-53(51)39-21-9-15-27-47(39)62-49/h5-33H,2H2,1,3-4H3/b56-55-. The molecule has 0 amide bonds. The predicted molar refractivity (Wildman–Crippen MR) is 273 cm³/mol. The fourth-order valence-electron chi connectivity index (χ4n) is 11.2. The number of rotatable bonds is 6. The van der Waals surface area contributed by atoms with Crippen molar-refractivity contribution in [1.82, 2.24) is 13.7 Å². The number of fused-ring (bicyclic) bond motifs is 17. The fourth-order valence-corrected chi connectivity index (χ4v) is 13.4. The van der Waals surface area contributed by atoms with E-state index in [4.69, 9.17) is 6.58 Å². The quantitative estimate of drug-likeness (QED) is 0.148. The van der Waals surface area contributed by atoms with Gasteiger partial charge in [-0.25, -0.2) is 4.39 Å². The van der Waals surface area contributed by atoms with E-state index in [9.17, 15) is 0 Å². The maximum Gasteiger partial charge on any atom is 0.138 e. The van der Waals surface area contributed by atoms with Crippen LogP contribution in [0.4, 0.5) is 4.39 Å². The lowest BCUT2D eigenvalue weighted by molar-refractivity contribution is 0.415.